The number of nitrogens with zero attached hydrogens (tertiary/aromatic N) is 1. The second kappa shape index (κ2) is 10.6. The topological polar surface area (TPSA) is 23.8 Å². The third-order valence-electron chi connectivity index (χ3n) is 7.04. The second-order valence-corrected chi connectivity index (χ2v) is 8.98. The summed E-state index contributed by atoms with van der Waals surface area (Å²) in [5.74, 6) is 0.806. The van der Waals surface area contributed by atoms with Gasteiger partial charge in [-0.1, -0.05) is 94.5 Å². The maximum absolute atomic E-state index is 9.94. The van der Waals surface area contributed by atoms with Crippen LogP contribution < -0.4 is 0 Å². The lowest BCUT2D eigenvalue weighted by Crippen LogP contribution is -2.30. The molecule has 0 spiro atoms. The number of benzene rings is 2. The van der Waals surface area contributed by atoms with Crippen molar-refractivity contribution in [2.45, 2.75) is 89.9 Å². The summed E-state index contributed by atoms with van der Waals surface area (Å²) in [6.45, 7) is 4.54. The third-order valence-corrected chi connectivity index (χ3v) is 7.04. The Morgan fingerprint density at radius 1 is 0.828 bits per heavy atom. The van der Waals surface area contributed by atoms with Crippen molar-refractivity contribution in [2.75, 3.05) is 0 Å². The maximum Gasteiger partial charge on any atom is 0.0822 e. The first-order valence-corrected chi connectivity index (χ1v) is 11.8. The van der Waals surface area contributed by atoms with Crippen molar-refractivity contribution in [1.82, 2.24) is 0 Å². The van der Waals surface area contributed by atoms with Crippen LogP contribution in [-0.2, 0) is 11.8 Å². The molecule has 0 unspecified atom stereocenters. The highest BCUT2D eigenvalue weighted by molar-refractivity contribution is 5.64. The Labute approximate surface area is 178 Å². The first kappa shape index (κ1) is 21.6. The van der Waals surface area contributed by atoms with Crippen molar-refractivity contribution in [3.63, 3.8) is 0 Å². The maximum atomic E-state index is 9.94. The molecule has 0 amide bonds. The molecular formula is C28H37N. The summed E-state index contributed by atoms with van der Waals surface area (Å²) in [5, 5.41) is 9.94. The smallest absolute Gasteiger partial charge is 0.0822 e. The molecule has 2 aromatic rings. The minimum atomic E-state index is -0.272. The zero-order chi connectivity index (χ0) is 20.5. The number of unbranched alkanes of at least 4 members (excludes halogenated alkanes) is 4. The van der Waals surface area contributed by atoms with Crippen LogP contribution in [0.1, 0.15) is 89.2 Å². The molecule has 0 aliphatic heterocycles. The number of hydrogen-bond acceptors (Lipinski definition) is 1. The van der Waals surface area contributed by atoms with Gasteiger partial charge in [0.05, 0.1) is 11.5 Å². The minimum absolute atomic E-state index is 0.272. The fraction of sp³-hybridized carbons (Fsp3) is 0.536. The summed E-state index contributed by atoms with van der Waals surface area (Å²) in [6, 6.07) is 20.6. The van der Waals surface area contributed by atoms with Crippen LogP contribution in [0.2, 0.25) is 0 Å². The zero-order valence-corrected chi connectivity index (χ0v) is 18.4. The van der Waals surface area contributed by atoms with Crippen molar-refractivity contribution in [2.24, 2.45) is 5.92 Å². The first-order valence-electron chi connectivity index (χ1n) is 11.8. The molecule has 0 bridgehead atoms. The van der Waals surface area contributed by atoms with Gasteiger partial charge in [0, 0.05) is 0 Å². The normalized spacial score (nSPS) is 21.6. The highest BCUT2D eigenvalue weighted by Gasteiger charge is 2.36. The monoisotopic (exact) mass is 387 g/mol. The van der Waals surface area contributed by atoms with Gasteiger partial charge in [-0.3, -0.25) is 0 Å². The van der Waals surface area contributed by atoms with E-state index in [2.05, 4.69) is 68.4 Å². The molecule has 1 fully saturated rings. The number of aryl methyl sites for hydroxylation is 1. The molecule has 0 aromatic heterocycles. The van der Waals surface area contributed by atoms with Gasteiger partial charge in [-0.2, -0.15) is 5.26 Å². The van der Waals surface area contributed by atoms with Gasteiger partial charge in [-0.25, -0.2) is 0 Å². The first-order chi connectivity index (χ1) is 14.2. The zero-order valence-electron chi connectivity index (χ0n) is 18.4. The molecule has 1 saturated carbocycles. The van der Waals surface area contributed by atoms with E-state index in [1.54, 1.807) is 0 Å². The minimum Gasteiger partial charge on any atom is -0.197 e. The highest BCUT2D eigenvalue weighted by Crippen LogP contribution is 2.42. The van der Waals surface area contributed by atoms with Gasteiger partial charge in [0.25, 0.3) is 0 Å². The summed E-state index contributed by atoms with van der Waals surface area (Å²) in [4.78, 5) is 0. The van der Waals surface area contributed by atoms with Crippen LogP contribution in [0.25, 0.3) is 11.1 Å². The predicted molar refractivity (Wildman–Crippen MR) is 124 cm³/mol. The molecule has 0 N–H and O–H groups in total. The summed E-state index contributed by atoms with van der Waals surface area (Å²) in [6.07, 6.45) is 13.5. The average molecular weight is 388 g/mol. The summed E-state index contributed by atoms with van der Waals surface area (Å²) in [5.41, 5.74) is 4.90. The third kappa shape index (κ3) is 5.51. The molecule has 0 saturated heterocycles. The van der Waals surface area contributed by atoms with E-state index in [-0.39, 0.29) is 5.41 Å². The van der Waals surface area contributed by atoms with Gasteiger partial charge in [0.15, 0.2) is 0 Å². The lowest BCUT2D eigenvalue weighted by atomic mass is 9.67. The summed E-state index contributed by atoms with van der Waals surface area (Å²) >= 11 is 0. The van der Waals surface area contributed by atoms with Crippen molar-refractivity contribution < 1.29 is 0 Å². The van der Waals surface area contributed by atoms with E-state index in [0.29, 0.717) is 0 Å². The van der Waals surface area contributed by atoms with Gasteiger partial charge in [-0.05, 0) is 66.7 Å². The number of rotatable bonds is 9. The number of nitriles is 1. The van der Waals surface area contributed by atoms with Gasteiger partial charge >= 0.3 is 0 Å². The van der Waals surface area contributed by atoms with Gasteiger partial charge in [0.1, 0.15) is 0 Å². The molecule has 2 aromatic carbocycles. The quantitative estimate of drug-likeness (QED) is 0.397. The fourth-order valence-corrected chi connectivity index (χ4v) is 4.82. The Hall–Kier alpha value is -2.07. The molecule has 3 rings (SSSR count). The van der Waals surface area contributed by atoms with Crippen LogP contribution in [0.15, 0.2) is 48.5 Å². The Kier molecular flexibility index (Phi) is 7.93. The SMILES string of the molecule is CCCCCCCc1ccc(-c2ccc(C3(C#N)CCC(CC)CC3)cc2)cc1. The van der Waals surface area contributed by atoms with Gasteiger partial charge < -0.3 is 0 Å². The Bertz CT molecular complexity index is 771. The van der Waals surface area contributed by atoms with Gasteiger partial charge in [-0.15, -0.1) is 0 Å². The van der Waals surface area contributed by atoms with Crippen LogP contribution in [0.5, 0.6) is 0 Å². The van der Waals surface area contributed by atoms with Crippen molar-refractivity contribution in [3.8, 4) is 17.2 Å². The van der Waals surface area contributed by atoms with Crippen LogP contribution in [0.3, 0.4) is 0 Å². The Morgan fingerprint density at radius 2 is 1.41 bits per heavy atom. The molecule has 0 atom stereocenters. The van der Waals surface area contributed by atoms with E-state index in [4.69, 9.17) is 0 Å². The average Bonchev–Trinajstić information content (AvgIpc) is 2.79. The second-order valence-electron chi connectivity index (χ2n) is 8.98. The van der Waals surface area contributed by atoms with E-state index in [1.807, 2.05) is 0 Å². The van der Waals surface area contributed by atoms with Crippen molar-refractivity contribution in [3.05, 3.63) is 59.7 Å². The van der Waals surface area contributed by atoms with E-state index in [0.717, 1.165) is 18.8 Å². The van der Waals surface area contributed by atoms with Crippen LogP contribution >= 0.6 is 0 Å². The largest absolute Gasteiger partial charge is 0.197 e. The molecule has 29 heavy (non-hydrogen) atoms. The van der Waals surface area contributed by atoms with E-state index >= 15 is 0 Å². The molecule has 0 heterocycles. The van der Waals surface area contributed by atoms with Crippen LogP contribution in [0.4, 0.5) is 0 Å². The Balaban J connectivity index is 1.62. The van der Waals surface area contributed by atoms with Gasteiger partial charge in [0.2, 0.25) is 0 Å². The highest BCUT2D eigenvalue weighted by atomic mass is 14.4. The van der Waals surface area contributed by atoms with Crippen molar-refractivity contribution in [1.29, 1.82) is 5.26 Å². The molecule has 1 heteroatoms. The van der Waals surface area contributed by atoms with E-state index < -0.39 is 0 Å². The molecule has 0 radical (unpaired) electrons. The number of hydrogen-bond donors (Lipinski definition) is 0. The molecular weight excluding hydrogens is 350 g/mol. The van der Waals surface area contributed by atoms with Crippen molar-refractivity contribution >= 4 is 0 Å². The molecule has 1 aliphatic rings. The standard InChI is InChI=1S/C28H37N/c1-3-5-6-7-8-9-24-10-12-25(13-11-24)26-14-16-27(17-15-26)28(22-29)20-18-23(4-2)19-21-28/h10-17,23H,3-9,18-21H2,1-2H3. The van der Waals surface area contributed by atoms with E-state index in [1.165, 1.54) is 80.0 Å². The molecule has 154 valence electrons. The predicted octanol–water partition coefficient (Wildman–Crippen LogP) is 8.23. The van der Waals surface area contributed by atoms with Crippen LogP contribution in [-0.4, -0.2) is 0 Å². The summed E-state index contributed by atoms with van der Waals surface area (Å²) < 4.78 is 0. The molecule has 1 aliphatic carbocycles. The lowest BCUT2D eigenvalue weighted by molar-refractivity contribution is 0.273. The van der Waals surface area contributed by atoms with Crippen LogP contribution in [0, 0.1) is 17.2 Å². The summed E-state index contributed by atoms with van der Waals surface area (Å²) in [7, 11) is 0. The molecule has 1 nitrogen and oxygen atoms in total. The Morgan fingerprint density at radius 3 is 1.97 bits per heavy atom. The lowest BCUT2D eigenvalue weighted by Gasteiger charge is -2.35. The fourth-order valence-electron chi connectivity index (χ4n) is 4.82. The van der Waals surface area contributed by atoms with E-state index in [9.17, 15) is 5.26 Å².